The van der Waals surface area contributed by atoms with Crippen LogP contribution in [0.25, 0.3) is 0 Å². The second-order valence-electron chi connectivity index (χ2n) is 7.92. The van der Waals surface area contributed by atoms with Crippen LogP contribution in [0.2, 0.25) is 0 Å². The number of hydrogen-bond donors (Lipinski definition) is 4. The van der Waals surface area contributed by atoms with Gasteiger partial charge in [-0.15, -0.1) is 28.2 Å². The molecule has 0 bridgehead atoms. The molecular weight excluding hydrogens is 573 g/mol. The zero-order chi connectivity index (χ0) is 27.6. The Kier molecular flexibility index (Phi) is 8.16. The van der Waals surface area contributed by atoms with Gasteiger partial charge in [0.05, 0.1) is 0 Å². The van der Waals surface area contributed by atoms with E-state index in [1.807, 2.05) is 0 Å². The van der Waals surface area contributed by atoms with Crippen LogP contribution in [0, 0.1) is 0 Å². The largest absolute Gasteiger partial charge is 0.477 e. The van der Waals surface area contributed by atoms with Crippen molar-refractivity contribution in [3.8, 4) is 0 Å². The fourth-order valence-corrected chi connectivity index (χ4v) is 6.72. The number of amides is 4. The summed E-state index contributed by atoms with van der Waals surface area (Å²) in [6.07, 6.45) is -4.64. The maximum atomic E-state index is 13.0. The molecule has 1 saturated heterocycles. The number of aryl methyl sites for hydroxylation is 1. The molecule has 4 amide bonds. The third kappa shape index (κ3) is 6.04. The Hall–Kier alpha value is -3.32. The van der Waals surface area contributed by atoms with Gasteiger partial charge in [0.2, 0.25) is 11.1 Å². The highest BCUT2D eigenvalue weighted by Crippen LogP contribution is 2.41. The number of alkyl halides is 3. The van der Waals surface area contributed by atoms with E-state index < -0.39 is 54.0 Å². The first-order valence-electron chi connectivity index (χ1n) is 10.7. The molecule has 0 aliphatic carbocycles. The van der Waals surface area contributed by atoms with Gasteiger partial charge in [0, 0.05) is 23.4 Å². The molecule has 38 heavy (non-hydrogen) atoms. The number of carboxylic acids is 1. The van der Waals surface area contributed by atoms with Gasteiger partial charge in [-0.2, -0.15) is 13.2 Å². The Morgan fingerprint density at radius 2 is 2.11 bits per heavy atom. The zero-order valence-electron chi connectivity index (χ0n) is 19.3. The molecule has 4 rings (SSSR count). The van der Waals surface area contributed by atoms with Crippen molar-refractivity contribution in [2.24, 2.45) is 7.05 Å². The van der Waals surface area contributed by atoms with Crippen molar-refractivity contribution in [3.05, 3.63) is 33.7 Å². The highest BCUT2D eigenvalue weighted by molar-refractivity contribution is 8.01. The van der Waals surface area contributed by atoms with Gasteiger partial charge in [-0.25, -0.2) is 14.3 Å². The summed E-state index contributed by atoms with van der Waals surface area (Å²) >= 11 is 3.53. The Balaban J connectivity index is 1.44. The summed E-state index contributed by atoms with van der Waals surface area (Å²) in [5, 5.41) is 28.6. The fourth-order valence-electron chi connectivity index (χ4n) is 3.61. The lowest BCUT2D eigenvalue weighted by molar-refractivity contribution is -0.150. The number of thioether (sulfide) groups is 2. The Bertz CT molecular complexity index is 1270. The minimum Gasteiger partial charge on any atom is -0.477 e. The second kappa shape index (κ2) is 11.2. The van der Waals surface area contributed by atoms with Crippen molar-refractivity contribution in [1.82, 2.24) is 41.1 Å². The topological polar surface area (TPSA) is 171 Å². The number of aromatic nitrogens is 4. The number of nitrogens with one attached hydrogen (secondary N) is 3. The molecular formula is C19H19F3N8O5S3. The molecule has 1 fully saturated rings. The standard InChI is InChI=1S/C19H19F3N8O5S3/c1-29-18(26-27-28-29)38-6-8-5-37-15-11(14(32)30(15)12(8)16(33)34)24-13(31)10(9-3-2-4-36-9)25-17(35)23-7-19(20,21)22/h2-4,10-11,15H,5-7H2,1H3,(H,24,31)(H,33,34)(H2,23,25,35)/t10?,11-,15?/m1/s1. The first-order valence-corrected chi connectivity index (χ1v) is 13.6. The minimum absolute atomic E-state index is 0.189. The maximum absolute atomic E-state index is 13.0. The molecule has 0 aromatic carbocycles. The maximum Gasteiger partial charge on any atom is 0.405 e. The van der Waals surface area contributed by atoms with E-state index in [1.54, 1.807) is 23.8 Å². The number of nitrogens with zero attached hydrogens (tertiary/aromatic N) is 5. The molecule has 2 aromatic rings. The van der Waals surface area contributed by atoms with Crippen LogP contribution in [0.3, 0.4) is 0 Å². The van der Waals surface area contributed by atoms with Gasteiger partial charge in [0.25, 0.3) is 5.91 Å². The lowest BCUT2D eigenvalue weighted by Crippen LogP contribution is -2.71. The first kappa shape index (κ1) is 27.7. The third-order valence-corrected chi connectivity index (χ3v) is 8.69. The number of rotatable bonds is 9. The van der Waals surface area contributed by atoms with Crippen molar-refractivity contribution in [1.29, 1.82) is 0 Å². The number of carboxylic acid groups (broad SMARTS) is 1. The normalized spacial score (nSPS) is 19.9. The number of carbonyl (C=O) groups excluding carboxylic acids is 3. The Morgan fingerprint density at radius 3 is 2.71 bits per heavy atom. The summed E-state index contributed by atoms with van der Waals surface area (Å²) < 4.78 is 38.8. The van der Waals surface area contributed by atoms with E-state index in [4.69, 9.17) is 0 Å². The minimum atomic E-state index is -4.64. The van der Waals surface area contributed by atoms with E-state index in [2.05, 4.69) is 26.2 Å². The average molecular weight is 593 g/mol. The van der Waals surface area contributed by atoms with Gasteiger partial charge in [0.1, 0.15) is 29.7 Å². The molecule has 204 valence electrons. The van der Waals surface area contributed by atoms with E-state index in [-0.39, 0.29) is 17.2 Å². The number of urea groups is 1. The first-order chi connectivity index (χ1) is 18.0. The zero-order valence-corrected chi connectivity index (χ0v) is 21.7. The second-order valence-corrected chi connectivity index (χ2v) is 10.9. The molecule has 13 nitrogen and oxygen atoms in total. The van der Waals surface area contributed by atoms with Crippen LogP contribution < -0.4 is 16.0 Å². The third-order valence-electron chi connectivity index (χ3n) is 5.32. The van der Waals surface area contributed by atoms with Crippen molar-refractivity contribution >= 4 is 58.7 Å². The van der Waals surface area contributed by atoms with Gasteiger partial charge in [-0.3, -0.25) is 14.5 Å². The predicted octanol–water partition coefficient (Wildman–Crippen LogP) is 0.705. The SMILES string of the molecule is Cn1nnnc1SCC1=C(C(=O)O)N2C(=O)[C@@H](NC(=O)C(NC(=O)NCC(F)(F)F)c3cccs3)C2SC1. The number of aliphatic carboxylic acids is 1. The molecule has 2 aliphatic rings. The van der Waals surface area contributed by atoms with Crippen LogP contribution in [0.4, 0.5) is 18.0 Å². The number of β-lactam (4-membered cyclic amide) rings is 1. The van der Waals surface area contributed by atoms with Crippen LogP contribution in [0.1, 0.15) is 10.9 Å². The highest BCUT2D eigenvalue weighted by atomic mass is 32.2. The monoisotopic (exact) mass is 592 g/mol. The van der Waals surface area contributed by atoms with Crippen LogP contribution >= 0.6 is 34.9 Å². The molecule has 2 aliphatic heterocycles. The molecule has 19 heteroatoms. The molecule has 0 saturated carbocycles. The van der Waals surface area contributed by atoms with Gasteiger partial charge >= 0.3 is 18.2 Å². The Labute approximate surface area is 224 Å². The summed E-state index contributed by atoms with van der Waals surface area (Å²) in [6, 6.07) is -0.600. The molecule has 4 heterocycles. The van der Waals surface area contributed by atoms with E-state index in [0.29, 0.717) is 15.6 Å². The molecule has 4 N–H and O–H groups in total. The summed E-state index contributed by atoms with van der Waals surface area (Å²) in [7, 11) is 1.63. The van der Waals surface area contributed by atoms with Crippen LogP contribution in [-0.4, -0.2) is 89.7 Å². The summed E-state index contributed by atoms with van der Waals surface area (Å²) in [5.41, 5.74) is 0.288. The quantitative estimate of drug-likeness (QED) is 0.240. The number of hydrogen-bond acceptors (Lipinski definition) is 10. The van der Waals surface area contributed by atoms with E-state index >= 15 is 0 Å². The molecule has 2 unspecified atom stereocenters. The molecule has 3 atom stereocenters. The number of carbonyl (C=O) groups is 4. The van der Waals surface area contributed by atoms with Crippen LogP contribution in [0.15, 0.2) is 33.9 Å². The lowest BCUT2D eigenvalue weighted by atomic mass is 10.0. The summed E-state index contributed by atoms with van der Waals surface area (Å²) in [5.74, 6) is -2.33. The lowest BCUT2D eigenvalue weighted by Gasteiger charge is -2.49. The van der Waals surface area contributed by atoms with E-state index in [0.717, 1.165) is 16.2 Å². The van der Waals surface area contributed by atoms with E-state index in [9.17, 15) is 37.5 Å². The van der Waals surface area contributed by atoms with Gasteiger partial charge in [0.15, 0.2) is 0 Å². The average Bonchev–Trinajstić information content (AvgIpc) is 3.53. The van der Waals surface area contributed by atoms with Crippen molar-refractivity contribution in [2.75, 3.05) is 18.1 Å². The number of halogens is 3. The van der Waals surface area contributed by atoms with Gasteiger partial charge in [-0.05, 0) is 27.4 Å². The number of tetrazole rings is 1. The fraction of sp³-hybridized carbons (Fsp3) is 0.421. The van der Waals surface area contributed by atoms with Crippen molar-refractivity contribution in [3.63, 3.8) is 0 Å². The van der Waals surface area contributed by atoms with Gasteiger partial charge < -0.3 is 21.1 Å². The van der Waals surface area contributed by atoms with Crippen molar-refractivity contribution in [2.45, 2.75) is 28.8 Å². The predicted molar refractivity (Wildman–Crippen MR) is 129 cm³/mol. The number of fused-ring (bicyclic) bond motifs is 1. The molecule has 0 spiro atoms. The van der Waals surface area contributed by atoms with Crippen LogP contribution in [0.5, 0.6) is 0 Å². The molecule has 0 radical (unpaired) electrons. The highest BCUT2D eigenvalue weighted by Gasteiger charge is 2.54. The Morgan fingerprint density at radius 1 is 1.34 bits per heavy atom. The van der Waals surface area contributed by atoms with Crippen LogP contribution in [-0.2, 0) is 21.4 Å². The summed E-state index contributed by atoms with van der Waals surface area (Å²) in [6.45, 7) is -1.59. The van der Waals surface area contributed by atoms with Gasteiger partial charge in [-0.1, -0.05) is 17.8 Å². The van der Waals surface area contributed by atoms with E-state index in [1.165, 1.54) is 34.3 Å². The number of thiophene rings is 1. The van der Waals surface area contributed by atoms with Crippen molar-refractivity contribution < 1.29 is 37.5 Å². The smallest absolute Gasteiger partial charge is 0.405 e. The molecule has 2 aromatic heterocycles. The summed E-state index contributed by atoms with van der Waals surface area (Å²) in [4.78, 5) is 51.5.